The highest BCUT2D eigenvalue weighted by molar-refractivity contribution is 7.89. The number of aryl methyl sites for hydroxylation is 1. The molecule has 1 aliphatic heterocycles. The summed E-state index contributed by atoms with van der Waals surface area (Å²) in [6, 6.07) is 7.19. The number of sulfonamides is 1. The third-order valence-corrected chi connectivity index (χ3v) is 9.74. The first-order valence-electron chi connectivity index (χ1n) is 11.3. The van der Waals surface area contributed by atoms with Gasteiger partial charge in [0.25, 0.3) is 0 Å². The van der Waals surface area contributed by atoms with Gasteiger partial charge in [-0.25, -0.2) is 12.8 Å². The van der Waals surface area contributed by atoms with Crippen LogP contribution in [0.25, 0.3) is 10.7 Å². The number of carbonyl (C=O) groups is 1. The number of carbonyl (C=O) groups excluding carboxylic acids is 1. The van der Waals surface area contributed by atoms with Crippen LogP contribution in [0.4, 0.5) is 10.1 Å². The summed E-state index contributed by atoms with van der Waals surface area (Å²) in [5, 5.41) is 6.84. The predicted molar refractivity (Wildman–Crippen MR) is 125 cm³/mol. The van der Waals surface area contributed by atoms with Crippen molar-refractivity contribution in [3.05, 3.63) is 46.9 Å². The fraction of sp³-hybridized carbons (Fsp3) is 0.435. The Bertz CT molecular complexity index is 1290. The van der Waals surface area contributed by atoms with Crippen molar-refractivity contribution in [1.82, 2.24) is 14.4 Å². The van der Waals surface area contributed by atoms with Crippen LogP contribution < -0.4 is 5.32 Å². The summed E-state index contributed by atoms with van der Waals surface area (Å²) in [6.45, 7) is 2.28. The first kappa shape index (κ1) is 23.1. The lowest BCUT2D eigenvalue weighted by atomic mass is 9.85. The van der Waals surface area contributed by atoms with E-state index >= 15 is 0 Å². The zero-order valence-corrected chi connectivity index (χ0v) is 20.3. The second kappa shape index (κ2) is 9.20. The molecule has 1 saturated heterocycles. The van der Waals surface area contributed by atoms with Gasteiger partial charge in [0.15, 0.2) is 0 Å². The number of rotatable bonds is 6. The van der Waals surface area contributed by atoms with Crippen LogP contribution >= 0.6 is 11.3 Å². The number of aromatic nitrogens is 2. The second-order valence-corrected chi connectivity index (χ2v) is 12.0. The van der Waals surface area contributed by atoms with E-state index in [0.717, 1.165) is 19.3 Å². The molecule has 2 aromatic heterocycles. The van der Waals surface area contributed by atoms with Gasteiger partial charge in [0.2, 0.25) is 27.6 Å². The predicted octanol–water partition coefficient (Wildman–Crippen LogP) is 4.55. The number of hydrogen-bond donors (Lipinski definition) is 1. The van der Waals surface area contributed by atoms with Crippen LogP contribution in [0.15, 0.2) is 39.8 Å². The van der Waals surface area contributed by atoms with Crippen LogP contribution in [0.5, 0.6) is 0 Å². The van der Waals surface area contributed by atoms with Crippen molar-refractivity contribution in [2.45, 2.75) is 49.8 Å². The van der Waals surface area contributed by atoms with E-state index in [1.807, 2.05) is 0 Å². The molecule has 1 N–H and O–H groups in total. The number of benzene rings is 1. The van der Waals surface area contributed by atoms with Crippen LogP contribution in [0, 0.1) is 18.7 Å². The zero-order chi connectivity index (χ0) is 23.9. The van der Waals surface area contributed by atoms with Gasteiger partial charge in [-0.1, -0.05) is 11.6 Å². The van der Waals surface area contributed by atoms with Gasteiger partial charge in [-0.05, 0) is 62.9 Å². The maximum Gasteiger partial charge on any atom is 0.244 e. The Labute approximate surface area is 201 Å². The average Bonchev–Trinajstić information content (AvgIpc) is 3.41. The lowest BCUT2D eigenvalue weighted by molar-refractivity contribution is -0.120. The fourth-order valence-corrected chi connectivity index (χ4v) is 7.22. The summed E-state index contributed by atoms with van der Waals surface area (Å²) in [5.74, 6) is 0.496. The number of piperidine rings is 1. The minimum absolute atomic E-state index is 0.183. The normalized spacial score (nSPS) is 18.1. The molecule has 0 bridgehead atoms. The van der Waals surface area contributed by atoms with Crippen molar-refractivity contribution in [2.75, 3.05) is 18.4 Å². The Morgan fingerprint density at radius 3 is 2.53 bits per heavy atom. The van der Waals surface area contributed by atoms with Gasteiger partial charge >= 0.3 is 0 Å². The van der Waals surface area contributed by atoms with Gasteiger partial charge in [-0.2, -0.15) is 9.29 Å². The van der Waals surface area contributed by atoms with Crippen molar-refractivity contribution < 1.29 is 22.1 Å². The van der Waals surface area contributed by atoms with E-state index < -0.39 is 10.0 Å². The molecular formula is C23H25FN4O4S2. The summed E-state index contributed by atoms with van der Waals surface area (Å²) in [7, 11) is -3.71. The van der Waals surface area contributed by atoms with Gasteiger partial charge < -0.3 is 9.84 Å². The van der Waals surface area contributed by atoms with E-state index in [0.29, 0.717) is 45.9 Å². The number of hydrogen-bond acceptors (Lipinski definition) is 7. The summed E-state index contributed by atoms with van der Waals surface area (Å²) in [6.07, 6.45) is 4.08. The molecule has 5 rings (SSSR count). The summed E-state index contributed by atoms with van der Waals surface area (Å²) < 4.78 is 46.6. The third-order valence-electron chi connectivity index (χ3n) is 6.54. The highest BCUT2D eigenvalue weighted by atomic mass is 32.2. The third kappa shape index (κ3) is 4.51. The van der Waals surface area contributed by atoms with Crippen molar-refractivity contribution in [1.29, 1.82) is 0 Å². The Morgan fingerprint density at radius 2 is 1.88 bits per heavy atom. The Balaban J connectivity index is 1.24. The molecule has 3 aromatic rings. The largest absolute Gasteiger partial charge is 0.339 e. The van der Waals surface area contributed by atoms with Gasteiger partial charge in [0, 0.05) is 35.5 Å². The molecule has 1 saturated carbocycles. The molecule has 2 fully saturated rings. The quantitative estimate of drug-likeness (QED) is 0.528. The molecule has 1 aromatic carbocycles. The van der Waals surface area contributed by atoms with E-state index in [2.05, 4.69) is 15.5 Å². The Kier molecular flexibility index (Phi) is 6.26. The molecule has 0 atom stereocenters. The molecule has 2 aliphatic rings. The van der Waals surface area contributed by atoms with Crippen molar-refractivity contribution in [3.63, 3.8) is 0 Å². The molecule has 3 heterocycles. The van der Waals surface area contributed by atoms with Crippen LogP contribution in [0.3, 0.4) is 0 Å². The molecule has 0 spiro atoms. The minimum atomic E-state index is -3.71. The molecule has 1 aliphatic carbocycles. The first-order chi connectivity index (χ1) is 16.3. The van der Waals surface area contributed by atoms with E-state index in [1.54, 1.807) is 13.0 Å². The molecule has 0 radical (unpaired) electrons. The topological polar surface area (TPSA) is 105 Å². The number of halogens is 1. The van der Waals surface area contributed by atoms with Gasteiger partial charge in [-0.3, -0.25) is 4.79 Å². The lowest BCUT2D eigenvalue weighted by Crippen LogP contribution is -2.41. The molecular weight excluding hydrogens is 479 g/mol. The van der Waals surface area contributed by atoms with Crippen LogP contribution in [-0.2, 0) is 14.8 Å². The van der Waals surface area contributed by atoms with E-state index in [9.17, 15) is 17.6 Å². The number of anilines is 1. The summed E-state index contributed by atoms with van der Waals surface area (Å²) in [4.78, 5) is 18.6. The number of nitrogens with one attached hydrogen (secondary N) is 1. The lowest BCUT2D eigenvalue weighted by Gasteiger charge is -2.30. The fourth-order valence-electron chi connectivity index (χ4n) is 4.26. The highest BCUT2D eigenvalue weighted by Crippen LogP contribution is 2.38. The minimum Gasteiger partial charge on any atom is -0.339 e. The Hall–Kier alpha value is -2.63. The van der Waals surface area contributed by atoms with Crippen molar-refractivity contribution >= 4 is 33.0 Å². The summed E-state index contributed by atoms with van der Waals surface area (Å²) in [5.41, 5.74) is 0.518. The van der Waals surface area contributed by atoms with Gasteiger partial charge in [0.1, 0.15) is 5.82 Å². The molecule has 180 valence electrons. The summed E-state index contributed by atoms with van der Waals surface area (Å²) >= 11 is 1.34. The van der Waals surface area contributed by atoms with Crippen LogP contribution in [0.2, 0.25) is 0 Å². The van der Waals surface area contributed by atoms with Gasteiger partial charge in [-0.15, -0.1) is 11.3 Å². The number of amides is 1. The van der Waals surface area contributed by atoms with Crippen molar-refractivity contribution in [3.8, 4) is 10.7 Å². The van der Waals surface area contributed by atoms with Crippen LogP contribution in [-0.4, -0.2) is 41.9 Å². The standard InChI is InChI=1S/C23H25FN4O4S2/c1-14-20(13-19(33-14)21-26-23(32-27-21)16-3-2-4-16)34(30,31)28-11-9-15(10-12-28)22(29)25-18-7-5-17(24)6-8-18/h5-8,13,15-16H,2-4,9-12H2,1H3,(H,25,29). The molecule has 0 unspecified atom stereocenters. The highest BCUT2D eigenvalue weighted by Gasteiger charge is 2.34. The Morgan fingerprint density at radius 1 is 1.18 bits per heavy atom. The maximum atomic E-state index is 13.4. The molecule has 1 amide bonds. The smallest absolute Gasteiger partial charge is 0.244 e. The van der Waals surface area contributed by atoms with E-state index in [4.69, 9.17) is 4.52 Å². The van der Waals surface area contributed by atoms with Crippen LogP contribution in [0.1, 0.15) is 48.8 Å². The zero-order valence-electron chi connectivity index (χ0n) is 18.7. The number of nitrogens with zero attached hydrogens (tertiary/aromatic N) is 3. The first-order valence-corrected chi connectivity index (χ1v) is 13.6. The average molecular weight is 505 g/mol. The molecule has 34 heavy (non-hydrogen) atoms. The van der Waals surface area contributed by atoms with Crippen molar-refractivity contribution in [2.24, 2.45) is 5.92 Å². The maximum absolute atomic E-state index is 13.4. The SMILES string of the molecule is Cc1sc(-c2noc(C3CCC3)n2)cc1S(=O)(=O)N1CCC(C(=O)Nc2ccc(F)cc2)CC1. The molecule has 8 nitrogen and oxygen atoms in total. The number of thiophene rings is 1. The molecule has 11 heteroatoms. The second-order valence-electron chi connectivity index (χ2n) is 8.79. The van der Waals surface area contributed by atoms with E-state index in [1.165, 1.54) is 39.9 Å². The monoisotopic (exact) mass is 504 g/mol. The van der Waals surface area contributed by atoms with E-state index in [-0.39, 0.29) is 35.6 Å². The van der Waals surface area contributed by atoms with Gasteiger partial charge in [0.05, 0.1) is 9.77 Å².